The van der Waals surface area contributed by atoms with Crippen LogP contribution < -0.4 is 9.80 Å². The first kappa shape index (κ1) is 51.5. The van der Waals surface area contributed by atoms with Gasteiger partial charge in [0.1, 0.15) is 11.2 Å². The minimum absolute atomic E-state index is 0.149. The van der Waals surface area contributed by atoms with Crippen LogP contribution in [0, 0.1) is 5.92 Å². The third-order valence-corrected chi connectivity index (χ3v) is 18.3. The van der Waals surface area contributed by atoms with Crippen molar-refractivity contribution in [1.82, 2.24) is 0 Å². The number of furan rings is 1. The lowest BCUT2D eigenvalue weighted by Gasteiger charge is -2.36. The van der Waals surface area contributed by atoms with Crippen molar-refractivity contribution in [2.24, 2.45) is 5.92 Å². The quantitative estimate of drug-likeness (QED) is 0.114. The zero-order chi connectivity index (χ0) is 55.7. The predicted molar refractivity (Wildman–Crippen MR) is 345 cm³/mol. The van der Waals surface area contributed by atoms with Gasteiger partial charge in [0, 0.05) is 39.9 Å². The summed E-state index contributed by atoms with van der Waals surface area (Å²) in [5.41, 5.74) is 24.4. The first-order valence-electron chi connectivity index (χ1n) is 29.1. The highest BCUT2D eigenvalue weighted by molar-refractivity contribution is 6.19. The summed E-state index contributed by atoms with van der Waals surface area (Å²) in [6.45, 7) is 22.7. The first-order valence-corrected chi connectivity index (χ1v) is 29.1. The Hall–Kier alpha value is -8.92. The largest absolute Gasteiger partial charge is 0.455 e. The molecule has 3 atom stereocenters. The summed E-state index contributed by atoms with van der Waals surface area (Å²) in [4.78, 5) is 4.93. The van der Waals surface area contributed by atoms with Gasteiger partial charge >= 0.3 is 0 Å². The Balaban J connectivity index is 1.10. The topological polar surface area (TPSA) is 19.6 Å². The lowest BCUT2D eigenvalue weighted by molar-refractivity contribution is 0.401. The fraction of sp³-hybridized carbons (Fsp3) is 0.179. The molecule has 1 heterocycles. The van der Waals surface area contributed by atoms with Crippen LogP contribution >= 0.6 is 0 Å². The smallest absolute Gasteiger partial charge is 0.145 e. The molecule has 0 bridgehead atoms. The molecule has 0 saturated carbocycles. The minimum Gasteiger partial charge on any atom is -0.455 e. The van der Waals surface area contributed by atoms with E-state index in [1.807, 2.05) is 6.08 Å². The highest BCUT2D eigenvalue weighted by Crippen LogP contribution is 2.67. The zero-order valence-corrected chi connectivity index (χ0v) is 48.0. The summed E-state index contributed by atoms with van der Waals surface area (Å²) in [6.07, 6.45) is 14.4. The molecule has 398 valence electrons. The number of anilines is 4. The highest BCUT2D eigenvalue weighted by atomic mass is 16.3. The van der Waals surface area contributed by atoms with Gasteiger partial charge in [0.2, 0.25) is 0 Å². The van der Waals surface area contributed by atoms with E-state index >= 15 is 0 Å². The van der Waals surface area contributed by atoms with Crippen molar-refractivity contribution in [2.75, 3.05) is 9.80 Å². The number of benzene rings is 9. The molecule has 0 fully saturated rings. The number of rotatable bonds is 12. The number of nitrogens with zero attached hydrogens (tertiary/aromatic N) is 2. The Kier molecular flexibility index (Phi) is 13.1. The van der Waals surface area contributed by atoms with Crippen LogP contribution in [-0.2, 0) is 5.41 Å². The Bertz CT molecular complexity index is 4260. The van der Waals surface area contributed by atoms with Crippen LogP contribution in [0.5, 0.6) is 0 Å². The predicted octanol–water partition coefficient (Wildman–Crippen LogP) is 21.8. The fourth-order valence-electron chi connectivity index (χ4n) is 13.8. The third kappa shape index (κ3) is 8.47. The van der Waals surface area contributed by atoms with E-state index in [4.69, 9.17) is 4.42 Å². The SMILES string of the molecule is C=C/C(C)=C(\C=C\N(c1ccc(C(C)C)cc1)c1cc2c(c3oc4ccccc4c13)-c1ccc(N(C3=CCC(c4ccccc4)=C(C)C=C3)c3ccc(C(C)C)cc3)cc1C21c2ccc3ccccc3c2C(C)C1C)c1ccccc1. The second-order valence-electron chi connectivity index (χ2n) is 23.4. The summed E-state index contributed by atoms with van der Waals surface area (Å²) in [6, 6.07) is 72.4. The van der Waals surface area contributed by atoms with Gasteiger partial charge in [-0.3, -0.25) is 0 Å². The number of para-hydroxylation sites is 1. The summed E-state index contributed by atoms with van der Waals surface area (Å²) >= 11 is 0. The van der Waals surface area contributed by atoms with Crippen LogP contribution in [0.1, 0.15) is 124 Å². The van der Waals surface area contributed by atoms with E-state index in [1.165, 1.54) is 72.0 Å². The molecule has 13 rings (SSSR count). The summed E-state index contributed by atoms with van der Waals surface area (Å²) in [7, 11) is 0. The number of hydrogen-bond acceptors (Lipinski definition) is 3. The first-order chi connectivity index (χ1) is 39.5. The lowest BCUT2D eigenvalue weighted by Crippen LogP contribution is -2.32. The van der Waals surface area contributed by atoms with Gasteiger partial charge in [-0.2, -0.15) is 0 Å². The molecule has 0 N–H and O–H groups in total. The molecule has 0 radical (unpaired) electrons. The molecular formula is C78H70N2O. The van der Waals surface area contributed by atoms with Gasteiger partial charge < -0.3 is 14.2 Å². The molecular weight excluding hydrogens is 981 g/mol. The van der Waals surface area contributed by atoms with Crippen LogP contribution in [0.15, 0.2) is 259 Å². The maximum absolute atomic E-state index is 7.44. The van der Waals surface area contributed by atoms with Crippen LogP contribution in [0.3, 0.4) is 0 Å². The molecule has 1 aromatic heterocycles. The average molecular weight is 1050 g/mol. The van der Waals surface area contributed by atoms with Crippen molar-refractivity contribution in [2.45, 2.75) is 85.0 Å². The molecule has 10 aromatic rings. The van der Waals surface area contributed by atoms with Crippen LogP contribution in [0.25, 0.3) is 55.0 Å². The zero-order valence-electron chi connectivity index (χ0n) is 48.0. The van der Waals surface area contributed by atoms with Gasteiger partial charge in [0.25, 0.3) is 0 Å². The maximum atomic E-state index is 7.44. The molecule has 0 amide bonds. The fourth-order valence-corrected chi connectivity index (χ4v) is 13.8. The van der Waals surface area contributed by atoms with Gasteiger partial charge in [0.05, 0.1) is 16.5 Å². The molecule has 0 aliphatic heterocycles. The molecule has 3 nitrogen and oxygen atoms in total. The van der Waals surface area contributed by atoms with Crippen molar-refractivity contribution in [1.29, 1.82) is 0 Å². The minimum atomic E-state index is -0.577. The number of hydrogen-bond donors (Lipinski definition) is 0. The Labute approximate surface area is 478 Å². The molecule has 3 heteroatoms. The monoisotopic (exact) mass is 1050 g/mol. The summed E-state index contributed by atoms with van der Waals surface area (Å²) in [5, 5.41) is 4.78. The Morgan fingerprint density at radius 3 is 1.99 bits per heavy atom. The average Bonchev–Trinajstić information content (AvgIpc) is 3.53. The molecule has 81 heavy (non-hydrogen) atoms. The van der Waals surface area contributed by atoms with Crippen molar-refractivity contribution < 1.29 is 4.42 Å². The second kappa shape index (κ2) is 20.6. The van der Waals surface area contributed by atoms with Crippen LogP contribution in [-0.4, -0.2) is 0 Å². The summed E-state index contributed by atoms with van der Waals surface area (Å²) < 4.78 is 7.44. The molecule has 3 aliphatic carbocycles. The normalized spacial score (nSPS) is 17.8. The van der Waals surface area contributed by atoms with Crippen LogP contribution in [0.2, 0.25) is 0 Å². The van der Waals surface area contributed by atoms with Crippen molar-refractivity contribution >= 4 is 66.6 Å². The van der Waals surface area contributed by atoms with Crippen LogP contribution in [0.4, 0.5) is 22.7 Å². The molecule has 3 aliphatic rings. The highest BCUT2D eigenvalue weighted by Gasteiger charge is 2.57. The number of fused-ring (bicyclic) bond motifs is 13. The van der Waals surface area contributed by atoms with Crippen molar-refractivity contribution in [3.05, 3.63) is 299 Å². The maximum Gasteiger partial charge on any atom is 0.145 e. The molecule has 9 aromatic carbocycles. The van der Waals surface area contributed by atoms with E-state index in [9.17, 15) is 0 Å². The van der Waals surface area contributed by atoms with E-state index < -0.39 is 5.41 Å². The molecule has 0 saturated heterocycles. The van der Waals surface area contributed by atoms with Crippen molar-refractivity contribution in [3.8, 4) is 11.1 Å². The van der Waals surface area contributed by atoms with E-state index in [2.05, 4.69) is 296 Å². The standard InChI is InChI=1S/C78H70N2O/c1-10-51(6)65(58-23-15-12-16-24-58)45-46-79(60-36-30-55(31-37-60)49(2)3)72-48-71-75(77-76(72)68-27-19-20-28-73(68)81-77)67-43-41-63(47-70(67)78(71)54(9)53(8)74-66-26-18-17-25-59(66)34-44-69(74)78)80(62-38-32-56(33-39-62)50(4)5)61-35-29-52(7)64(42-40-61)57-21-13-11-14-22-57/h10-41,43-50,53-54H,1,42H2,2-9H3/b46-45+,65-51+. The second-order valence-corrected chi connectivity index (χ2v) is 23.4. The lowest BCUT2D eigenvalue weighted by atomic mass is 9.67. The summed E-state index contributed by atoms with van der Waals surface area (Å²) in [5.74, 6) is 1.17. The van der Waals surface area contributed by atoms with E-state index in [1.54, 1.807) is 0 Å². The van der Waals surface area contributed by atoms with Gasteiger partial charge in [-0.25, -0.2) is 0 Å². The van der Waals surface area contributed by atoms with Gasteiger partial charge in [-0.1, -0.05) is 212 Å². The molecule has 1 spiro atoms. The Morgan fingerprint density at radius 2 is 1.28 bits per heavy atom. The van der Waals surface area contributed by atoms with E-state index in [0.29, 0.717) is 11.8 Å². The Morgan fingerprint density at radius 1 is 0.642 bits per heavy atom. The third-order valence-electron chi connectivity index (χ3n) is 18.3. The van der Waals surface area contributed by atoms with Gasteiger partial charge in [-0.05, 0) is 188 Å². The van der Waals surface area contributed by atoms with E-state index in [-0.39, 0.29) is 11.8 Å². The number of allylic oxidation sites excluding steroid dienone is 9. The van der Waals surface area contributed by atoms with Gasteiger partial charge in [0.15, 0.2) is 0 Å². The van der Waals surface area contributed by atoms with E-state index in [0.717, 1.165) is 73.5 Å². The van der Waals surface area contributed by atoms with Gasteiger partial charge in [-0.15, -0.1) is 0 Å². The molecule has 3 unspecified atom stereocenters. The van der Waals surface area contributed by atoms with Crippen molar-refractivity contribution in [3.63, 3.8) is 0 Å².